The maximum atomic E-state index is 7.36. The highest BCUT2D eigenvalue weighted by molar-refractivity contribution is 5.63. The molecule has 8 aromatic carbocycles. The Hall–Kier alpha value is -8.16. The van der Waals surface area contributed by atoms with Crippen molar-refractivity contribution in [2.45, 2.75) is 261 Å². The molecule has 0 fully saturated rings. The molecule has 128 heavy (non-hydrogen) atoms. The summed E-state index contributed by atoms with van der Waals surface area (Å²) in [7, 11) is 13.8. The van der Waals surface area contributed by atoms with Crippen LogP contribution in [-0.2, 0) is 133 Å². The van der Waals surface area contributed by atoms with Gasteiger partial charge in [0.25, 0.3) is 0 Å². The van der Waals surface area contributed by atoms with Crippen LogP contribution in [0.2, 0.25) is 0 Å². The van der Waals surface area contributed by atoms with Crippen LogP contribution >= 0.6 is 0 Å². The number of methoxy groups -OCH3 is 8. The van der Waals surface area contributed by atoms with Gasteiger partial charge in [0.2, 0.25) is 0 Å². The van der Waals surface area contributed by atoms with E-state index in [-0.39, 0.29) is 43.3 Å². The Labute approximate surface area is 771 Å². The van der Waals surface area contributed by atoms with E-state index in [0.29, 0.717) is 157 Å². The first-order valence-corrected chi connectivity index (χ1v) is 46.4. The predicted molar refractivity (Wildman–Crippen MR) is 523 cm³/mol. The quantitative estimate of drug-likeness (QED) is 0.0368. The maximum absolute atomic E-state index is 7.36. The third kappa shape index (κ3) is 28.0. The fourth-order valence-corrected chi connectivity index (χ4v) is 16.5. The van der Waals surface area contributed by atoms with Gasteiger partial charge in [0.05, 0.1) is 52.9 Å². The highest BCUT2D eigenvalue weighted by atomic mass is 16.6. The van der Waals surface area contributed by atoms with Gasteiger partial charge < -0.3 is 75.8 Å². The molecule has 1 aliphatic rings. The molecule has 0 spiro atoms. The number of hydrogen-bond donors (Lipinski definition) is 0. The van der Waals surface area contributed by atoms with Crippen molar-refractivity contribution in [1.29, 1.82) is 0 Å². The Bertz CT molecular complexity index is 3850. The topological polar surface area (TPSA) is 148 Å². The highest BCUT2D eigenvalue weighted by Crippen LogP contribution is 2.49. The van der Waals surface area contributed by atoms with E-state index in [1.54, 1.807) is 56.9 Å². The normalized spacial score (nSPS) is 13.5. The minimum atomic E-state index is -0.316. The molecule has 0 unspecified atom stereocenters. The predicted octanol–water partition coefficient (Wildman–Crippen LogP) is 23.3. The van der Waals surface area contributed by atoms with Crippen molar-refractivity contribution in [3.8, 4) is 46.0 Å². The van der Waals surface area contributed by atoms with Crippen molar-refractivity contribution >= 4 is 0 Å². The van der Waals surface area contributed by atoms with Crippen molar-refractivity contribution < 1.29 is 75.8 Å². The Morgan fingerprint density at radius 3 is 0.281 bits per heavy atom. The summed E-state index contributed by atoms with van der Waals surface area (Å²) in [5.74, 6) is 6.31. The molecule has 8 aromatic rings. The standard InChI is InChI=1S/C112H160O16/c1-105(2,3)89-57-73-49-75-59-90(106(4,5)6)61-77(98(75)122-42-34-114-26)51-79-63-92(108(10,11)12)65-81(100(79)124-44-36-116-28)53-83-67-94(110(16,17)18)69-85(102(83)126-46-38-118-30)55-87-71-96(112(22,23)24)72-88(104(87)128-48-40-120-32)56-86-70-95(111(19,20)21)68-84(103(86)127-47-39-119-31)54-82-66-93(109(13,14)15)64-80(101(82)125-45-37-117-29)52-78-62-91(107(7,8)9)60-76(99(78)123-43-35-115-27)50-74(58-89)97(73)121-41-33-113-25/h57-72H,33-56H2,1-32H3. The van der Waals surface area contributed by atoms with Gasteiger partial charge in [0.1, 0.15) is 98.9 Å². The Balaban J connectivity index is 1.53. The Kier molecular flexibility index (Phi) is 36.3. The Morgan fingerprint density at radius 1 is 0.141 bits per heavy atom. The molecular formula is C112H160O16. The molecule has 16 bridgehead atoms. The van der Waals surface area contributed by atoms with Crippen molar-refractivity contribution in [3.05, 3.63) is 231 Å². The molecule has 0 N–H and O–H groups in total. The van der Waals surface area contributed by atoms with E-state index in [0.717, 1.165) is 180 Å². The molecule has 704 valence electrons. The highest BCUT2D eigenvalue weighted by Gasteiger charge is 2.34. The average molecular weight is 1760 g/mol. The average Bonchev–Trinajstić information content (AvgIpc) is 0.764. The van der Waals surface area contributed by atoms with Crippen molar-refractivity contribution in [3.63, 3.8) is 0 Å². The van der Waals surface area contributed by atoms with Crippen LogP contribution in [0.5, 0.6) is 46.0 Å². The number of benzene rings is 8. The number of rotatable bonds is 32. The van der Waals surface area contributed by atoms with Gasteiger partial charge >= 0.3 is 0 Å². The molecule has 0 saturated carbocycles. The fraction of sp³-hybridized carbons (Fsp3) is 0.571. The smallest absolute Gasteiger partial charge is 0.126 e. The van der Waals surface area contributed by atoms with Crippen molar-refractivity contribution in [2.24, 2.45) is 0 Å². The molecule has 16 heteroatoms. The van der Waals surface area contributed by atoms with E-state index in [9.17, 15) is 0 Å². The van der Waals surface area contributed by atoms with Gasteiger partial charge in [-0.2, -0.15) is 0 Å². The second-order valence-electron chi connectivity index (χ2n) is 43.1. The minimum Gasteiger partial charge on any atom is -0.491 e. The van der Waals surface area contributed by atoms with Gasteiger partial charge in [-0.1, -0.05) is 263 Å². The second-order valence-corrected chi connectivity index (χ2v) is 43.1. The van der Waals surface area contributed by atoms with Crippen molar-refractivity contribution in [2.75, 3.05) is 163 Å². The van der Waals surface area contributed by atoms with Crippen LogP contribution in [0, 0.1) is 0 Å². The molecule has 9 rings (SSSR count). The molecule has 0 radical (unpaired) electrons. The van der Waals surface area contributed by atoms with E-state index >= 15 is 0 Å². The minimum absolute atomic E-state index is 0.305. The monoisotopic (exact) mass is 1760 g/mol. The summed E-state index contributed by atoms with van der Waals surface area (Å²) in [5, 5.41) is 0. The summed E-state index contributed by atoms with van der Waals surface area (Å²) in [6.45, 7) is 60.6. The van der Waals surface area contributed by atoms with Crippen molar-refractivity contribution in [1.82, 2.24) is 0 Å². The Morgan fingerprint density at radius 2 is 0.219 bits per heavy atom. The van der Waals surface area contributed by atoms with Crippen LogP contribution in [0.25, 0.3) is 0 Å². The van der Waals surface area contributed by atoms with E-state index < -0.39 is 0 Å². The van der Waals surface area contributed by atoms with Crippen LogP contribution < -0.4 is 37.9 Å². The number of ether oxygens (including phenoxy) is 16. The lowest BCUT2D eigenvalue weighted by Crippen LogP contribution is -2.19. The lowest BCUT2D eigenvalue weighted by molar-refractivity contribution is 0.144. The van der Waals surface area contributed by atoms with E-state index in [4.69, 9.17) is 75.8 Å². The van der Waals surface area contributed by atoms with Gasteiger partial charge in [-0.15, -0.1) is 0 Å². The molecule has 16 nitrogen and oxygen atoms in total. The summed E-state index contributed by atoms with van der Waals surface area (Å²) in [6, 6.07) is 38.0. The first-order valence-electron chi connectivity index (χ1n) is 46.4. The summed E-state index contributed by atoms with van der Waals surface area (Å²) >= 11 is 0. The molecule has 0 atom stereocenters. The van der Waals surface area contributed by atoms with Gasteiger partial charge in [0, 0.05) is 108 Å². The fourth-order valence-electron chi connectivity index (χ4n) is 16.5. The van der Waals surface area contributed by atoms with Crippen LogP contribution in [0.15, 0.2) is 97.1 Å². The summed E-state index contributed by atoms with van der Waals surface area (Å²) in [4.78, 5) is 0. The zero-order chi connectivity index (χ0) is 94.1. The molecule has 0 aliphatic heterocycles. The van der Waals surface area contributed by atoms with Crippen LogP contribution in [0.3, 0.4) is 0 Å². The van der Waals surface area contributed by atoms with E-state index in [2.05, 4.69) is 263 Å². The summed E-state index contributed by atoms with van der Waals surface area (Å²) < 4.78 is 106. The molecule has 1 aliphatic carbocycles. The lowest BCUT2D eigenvalue weighted by atomic mass is 9.79. The SMILES string of the molecule is COCCOc1c2cc(C(C)(C)C)cc1Cc1cc(C(C)(C)C)cc(c1OCCOC)Cc1cc(C(C)(C)C)cc(c1OCCOC)Cc1cc(C(C)(C)C)cc(c1OCCOC)Cc1cc(C(C)(C)C)cc(c1OCCOC)Cc1cc(C(C)(C)C)cc(c1OCCOC)Cc1cc(C(C)(C)C)cc(c1OCCOC)Cc1cc(C(C)(C)C)cc(c1OCCOC)C2. The number of hydrogen-bond acceptors (Lipinski definition) is 16. The van der Waals surface area contributed by atoms with E-state index in [1.807, 2.05) is 0 Å². The lowest BCUT2D eigenvalue weighted by Gasteiger charge is -2.29. The first kappa shape index (κ1) is 104. The molecular weight excluding hydrogens is 1600 g/mol. The zero-order valence-electron chi connectivity index (χ0n) is 84.7. The van der Waals surface area contributed by atoms with Crippen LogP contribution in [-0.4, -0.2) is 163 Å². The summed E-state index contributed by atoms with van der Waals surface area (Å²) in [5.41, 5.74) is 23.1. The largest absolute Gasteiger partial charge is 0.491 e. The second kappa shape index (κ2) is 44.8. The molecule has 0 aromatic heterocycles. The van der Waals surface area contributed by atoms with Crippen LogP contribution in [0.4, 0.5) is 0 Å². The van der Waals surface area contributed by atoms with Crippen LogP contribution in [0.1, 0.15) is 300 Å². The van der Waals surface area contributed by atoms with Gasteiger partial charge in [-0.05, 0) is 177 Å². The van der Waals surface area contributed by atoms with E-state index in [1.165, 1.54) is 0 Å². The first-order chi connectivity index (χ1) is 60.2. The van der Waals surface area contributed by atoms with Gasteiger partial charge in [0.15, 0.2) is 0 Å². The maximum Gasteiger partial charge on any atom is 0.126 e. The third-order valence-corrected chi connectivity index (χ3v) is 24.2. The van der Waals surface area contributed by atoms with Gasteiger partial charge in [-0.3, -0.25) is 0 Å². The summed E-state index contributed by atoms with van der Waals surface area (Å²) in [6.07, 6.45) is 3.63. The molecule has 0 saturated heterocycles. The van der Waals surface area contributed by atoms with Gasteiger partial charge in [-0.25, -0.2) is 0 Å². The third-order valence-electron chi connectivity index (χ3n) is 24.2. The molecule has 0 heterocycles. The molecule has 0 amide bonds. The zero-order valence-corrected chi connectivity index (χ0v) is 84.7. The number of fused-ring (bicyclic) bond motifs is 16.